The van der Waals surface area contributed by atoms with E-state index in [4.69, 9.17) is 0 Å². The molecule has 5 aliphatic carbocycles. The van der Waals surface area contributed by atoms with Crippen molar-refractivity contribution >= 4 is 0 Å². The van der Waals surface area contributed by atoms with Crippen LogP contribution < -0.4 is 0 Å². The molecular formula is C29H48O. The van der Waals surface area contributed by atoms with E-state index in [9.17, 15) is 5.11 Å². The standard InChI is InChI=1S/C29H48O/c1-18(2)20-9-8-19-12-16-28(6)21(25(19)20)10-11-23-27(5)15-14-24(30)26(3,4)22(27)13-17-29(23,28)7/h19-25,30H,1,8-17H2,2-7H3/t19-,20+,21-,22+,23-,24?,25-,27+,28-,29-/m1/s1. The van der Waals surface area contributed by atoms with Gasteiger partial charge in [-0.2, -0.15) is 0 Å². The van der Waals surface area contributed by atoms with E-state index < -0.39 is 0 Å². The molecule has 0 spiro atoms. The Hall–Kier alpha value is -0.300. The van der Waals surface area contributed by atoms with E-state index in [1.807, 2.05) is 0 Å². The van der Waals surface area contributed by atoms with Crippen LogP contribution in [0.5, 0.6) is 0 Å². The monoisotopic (exact) mass is 412 g/mol. The van der Waals surface area contributed by atoms with Crippen molar-refractivity contribution in [1.29, 1.82) is 0 Å². The lowest BCUT2D eigenvalue weighted by molar-refractivity contribution is -0.240. The van der Waals surface area contributed by atoms with Crippen LogP contribution in [0.3, 0.4) is 0 Å². The maximum atomic E-state index is 10.9. The SMILES string of the molecule is C=C(C)[C@@H]1CC[C@@H]2CC[C@]3(C)[C@H](CC[C@@H]4[C@@]5(C)CCC(O)C(C)(C)[C@@H]5CC[C@]43C)[C@H]21. The summed E-state index contributed by atoms with van der Waals surface area (Å²) in [4.78, 5) is 0. The number of rotatable bonds is 1. The molecule has 5 rings (SSSR count). The fourth-order valence-electron chi connectivity index (χ4n) is 11.2. The van der Waals surface area contributed by atoms with Gasteiger partial charge in [-0.05, 0) is 128 Å². The first kappa shape index (κ1) is 21.5. The summed E-state index contributed by atoms with van der Waals surface area (Å²) in [6, 6.07) is 0. The van der Waals surface area contributed by atoms with Gasteiger partial charge in [0.25, 0.3) is 0 Å². The molecule has 0 radical (unpaired) electrons. The van der Waals surface area contributed by atoms with Crippen molar-refractivity contribution in [2.75, 3.05) is 0 Å². The average Bonchev–Trinajstić information content (AvgIpc) is 3.10. The normalized spacial score (nSPS) is 57.0. The van der Waals surface area contributed by atoms with Gasteiger partial charge in [-0.3, -0.25) is 0 Å². The summed E-state index contributed by atoms with van der Waals surface area (Å²) in [6.07, 6.45) is 13.5. The van der Waals surface area contributed by atoms with E-state index >= 15 is 0 Å². The van der Waals surface area contributed by atoms with Crippen LogP contribution in [0.1, 0.15) is 106 Å². The quantitative estimate of drug-likeness (QED) is 0.439. The van der Waals surface area contributed by atoms with Gasteiger partial charge in [0.05, 0.1) is 6.10 Å². The van der Waals surface area contributed by atoms with Crippen LogP contribution in [0.4, 0.5) is 0 Å². The number of allylic oxidation sites excluding steroid dienone is 1. The Morgan fingerprint density at radius 1 is 0.767 bits per heavy atom. The maximum Gasteiger partial charge on any atom is 0.0594 e. The van der Waals surface area contributed by atoms with Gasteiger partial charge >= 0.3 is 0 Å². The molecule has 5 fully saturated rings. The topological polar surface area (TPSA) is 20.2 Å². The van der Waals surface area contributed by atoms with Crippen LogP contribution in [0.25, 0.3) is 0 Å². The fraction of sp³-hybridized carbons (Fsp3) is 0.931. The zero-order valence-corrected chi connectivity index (χ0v) is 20.8. The van der Waals surface area contributed by atoms with Gasteiger partial charge in [0.15, 0.2) is 0 Å². The zero-order chi connectivity index (χ0) is 21.7. The Morgan fingerprint density at radius 3 is 2.17 bits per heavy atom. The first-order valence-corrected chi connectivity index (χ1v) is 13.3. The highest BCUT2D eigenvalue weighted by molar-refractivity contribution is 5.19. The molecule has 10 atom stereocenters. The summed E-state index contributed by atoms with van der Waals surface area (Å²) in [5, 5.41) is 10.9. The predicted molar refractivity (Wildman–Crippen MR) is 126 cm³/mol. The summed E-state index contributed by atoms with van der Waals surface area (Å²) in [5.74, 6) is 5.09. The highest BCUT2D eigenvalue weighted by atomic mass is 16.3. The molecule has 0 aromatic heterocycles. The molecule has 0 aromatic carbocycles. The van der Waals surface area contributed by atoms with E-state index in [2.05, 4.69) is 48.1 Å². The lowest BCUT2D eigenvalue weighted by atomic mass is 9.33. The Balaban J connectivity index is 1.53. The molecule has 1 unspecified atom stereocenters. The largest absolute Gasteiger partial charge is 0.393 e. The minimum atomic E-state index is -0.114. The first-order valence-electron chi connectivity index (χ1n) is 13.3. The molecule has 170 valence electrons. The van der Waals surface area contributed by atoms with Crippen molar-refractivity contribution in [3.63, 3.8) is 0 Å². The van der Waals surface area contributed by atoms with Crippen LogP contribution in [-0.2, 0) is 0 Å². The molecule has 1 N–H and O–H groups in total. The fourth-order valence-corrected chi connectivity index (χ4v) is 11.2. The predicted octanol–water partition coefficient (Wildman–Crippen LogP) is 7.63. The molecule has 0 amide bonds. The molecule has 0 aromatic rings. The van der Waals surface area contributed by atoms with Crippen LogP contribution in [0.2, 0.25) is 0 Å². The van der Waals surface area contributed by atoms with Gasteiger partial charge < -0.3 is 5.11 Å². The van der Waals surface area contributed by atoms with Crippen LogP contribution in [0, 0.1) is 57.2 Å². The highest BCUT2D eigenvalue weighted by Crippen LogP contribution is 2.76. The van der Waals surface area contributed by atoms with E-state index in [0.29, 0.717) is 22.2 Å². The molecule has 0 saturated heterocycles. The summed E-state index contributed by atoms with van der Waals surface area (Å²) in [7, 11) is 0. The number of hydrogen-bond acceptors (Lipinski definition) is 1. The summed E-state index contributed by atoms with van der Waals surface area (Å²) < 4.78 is 0. The third kappa shape index (κ3) is 2.51. The molecule has 1 nitrogen and oxygen atoms in total. The second-order valence-corrected chi connectivity index (χ2v) is 14.0. The average molecular weight is 413 g/mol. The molecule has 0 heterocycles. The van der Waals surface area contributed by atoms with Crippen molar-refractivity contribution in [3.8, 4) is 0 Å². The van der Waals surface area contributed by atoms with E-state index in [-0.39, 0.29) is 11.5 Å². The number of fused-ring (bicyclic) bond motifs is 7. The molecule has 0 aliphatic heterocycles. The van der Waals surface area contributed by atoms with Crippen molar-refractivity contribution < 1.29 is 5.11 Å². The zero-order valence-electron chi connectivity index (χ0n) is 20.8. The minimum Gasteiger partial charge on any atom is -0.393 e. The van der Waals surface area contributed by atoms with Crippen molar-refractivity contribution in [2.24, 2.45) is 57.2 Å². The maximum absolute atomic E-state index is 10.9. The van der Waals surface area contributed by atoms with Crippen LogP contribution in [-0.4, -0.2) is 11.2 Å². The lowest BCUT2D eigenvalue weighted by Gasteiger charge is -2.72. The van der Waals surface area contributed by atoms with Gasteiger partial charge in [0.1, 0.15) is 0 Å². The van der Waals surface area contributed by atoms with Gasteiger partial charge in [-0.25, -0.2) is 0 Å². The number of aliphatic hydroxyl groups is 1. The number of hydrogen-bond donors (Lipinski definition) is 1. The molecule has 30 heavy (non-hydrogen) atoms. The molecule has 5 saturated carbocycles. The van der Waals surface area contributed by atoms with Crippen LogP contribution >= 0.6 is 0 Å². The summed E-state index contributed by atoms with van der Waals surface area (Å²) >= 11 is 0. The third-order valence-corrected chi connectivity index (χ3v) is 12.9. The van der Waals surface area contributed by atoms with Crippen molar-refractivity contribution in [3.05, 3.63) is 12.2 Å². The van der Waals surface area contributed by atoms with Crippen molar-refractivity contribution in [1.82, 2.24) is 0 Å². The van der Waals surface area contributed by atoms with E-state index in [1.54, 1.807) is 0 Å². The minimum absolute atomic E-state index is 0.0697. The number of aliphatic hydroxyl groups excluding tert-OH is 1. The Labute approximate surface area is 186 Å². The Morgan fingerprint density at radius 2 is 1.47 bits per heavy atom. The van der Waals surface area contributed by atoms with Gasteiger partial charge in [-0.1, -0.05) is 46.8 Å². The van der Waals surface area contributed by atoms with Crippen LogP contribution in [0.15, 0.2) is 12.2 Å². The van der Waals surface area contributed by atoms with Gasteiger partial charge in [-0.15, -0.1) is 0 Å². The molecule has 1 heteroatoms. The third-order valence-electron chi connectivity index (χ3n) is 12.9. The summed E-state index contributed by atoms with van der Waals surface area (Å²) in [6.45, 7) is 19.6. The first-order chi connectivity index (χ1) is 14.0. The smallest absolute Gasteiger partial charge is 0.0594 e. The Bertz CT molecular complexity index is 722. The van der Waals surface area contributed by atoms with Gasteiger partial charge in [0.2, 0.25) is 0 Å². The molecule has 5 aliphatic rings. The van der Waals surface area contributed by atoms with E-state index in [0.717, 1.165) is 36.0 Å². The van der Waals surface area contributed by atoms with E-state index in [1.165, 1.54) is 63.4 Å². The lowest BCUT2D eigenvalue weighted by Crippen LogP contribution is -2.65. The summed E-state index contributed by atoms with van der Waals surface area (Å²) in [5.41, 5.74) is 2.90. The highest BCUT2D eigenvalue weighted by Gasteiger charge is 2.68. The van der Waals surface area contributed by atoms with Crippen molar-refractivity contribution in [2.45, 2.75) is 112 Å². The second kappa shape index (κ2) is 6.61. The molecule has 0 bridgehead atoms. The Kier molecular flexibility index (Phi) is 4.75. The van der Waals surface area contributed by atoms with Gasteiger partial charge in [0, 0.05) is 0 Å². The molecular weight excluding hydrogens is 364 g/mol. The second-order valence-electron chi connectivity index (χ2n) is 14.0.